The summed E-state index contributed by atoms with van der Waals surface area (Å²) in [5.74, 6) is 3.49. The van der Waals surface area contributed by atoms with E-state index < -0.39 is 0 Å². The van der Waals surface area contributed by atoms with Crippen LogP contribution in [0, 0.1) is 11.8 Å². The molecule has 2 fully saturated rings. The summed E-state index contributed by atoms with van der Waals surface area (Å²) in [6.45, 7) is 10.7. The number of hydrogen-bond donors (Lipinski definition) is 1. The van der Waals surface area contributed by atoms with Crippen molar-refractivity contribution in [2.75, 3.05) is 32.8 Å². The molecule has 1 N–H and O–H groups in total. The summed E-state index contributed by atoms with van der Waals surface area (Å²) in [7, 11) is 0. The molecule has 0 aromatic carbocycles. The van der Waals surface area contributed by atoms with Gasteiger partial charge in [-0.2, -0.15) is 0 Å². The highest BCUT2D eigenvalue weighted by Gasteiger charge is 2.36. The van der Waals surface area contributed by atoms with Gasteiger partial charge in [-0.1, -0.05) is 20.8 Å². The molecule has 5 heteroatoms. The van der Waals surface area contributed by atoms with Crippen LogP contribution in [-0.2, 0) is 9.53 Å². The van der Waals surface area contributed by atoms with E-state index >= 15 is 0 Å². The molecule has 2 aliphatic rings. The standard InChI is InChI=1S/C20H30N2O3/c1-14(2)18(22-8-10-24-11-9-22)13-21-20(23)7-5-16-4-6-19(25-16)17-12-15(17)3/h4-7,14-15,17-18H,8-13H2,1-3H3,(H,21,23)/b7-5+/t15-,17+,18+/m1/s1. The highest BCUT2D eigenvalue weighted by Crippen LogP contribution is 2.47. The van der Waals surface area contributed by atoms with Crippen molar-refractivity contribution >= 4 is 12.0 Å². The summed E-state index contributed by atoms with van der Waals surface area (Å²) in [6.07, 6.45) is 4.52. The molecule has 1 saturated heterocycles. The fraction of sp³-hybridized carbons (Fsp3) is 0.650. The summed E-state index contributed by atoms with van der Waals surface area (Å²) < 4.78 is 11.2. The molecule has 0 radical (unpaired) electrons. The first kappa shape index (κ1) is 18.2. The smallest absolute Gasteiger partial charge is 0.244 e. The normalized spacial score (nSPS) is 25.4. The first-order valence-corrected chi connectivity index (χ1v) is 9.42. The zero-order chi connectivity index (χ0) is 17.8. The van der Waals surface area contributed by atoms with Crippen LogP contribution in [-0.4, -0.2) is 49.7 Å². The van der Waals surface area contributed by atoms with Crippen molar-refractivity contribution in [1.29, 1.82) is 0 Å². The molecule has 3 rings (SSSR count). The lowest BCUT2D eigenvalue weighted by molar-refractivity contribution is -0.116. The minimum atomic E-state index is -0.0725. The van der Waals surface area contributed by atoms with E-state index in [9.17, 15) is 4.79 Å². The number of furan rings is 1. The maximum absolute atomic E-state index is 12.1. The van der Waals surface area contributed by atoms with Gasteiger partial charge < -0.3 is 14.5 Å². The molecule has 25 heavy (non-hydrogen) atoms. The van der Waals surface area contributed by atoms with Gasteiger partial charge in [-0.25, -0.2) is 0 Å². The SMILES string of the molecule is CC(C)[C@H](CNC(=O)/C=C/c1ccc([C@H]2C[C@H]2C)o1)N1CCOCC1. The highest BCUT2D eigenvalue weighted by molar-refractivity contribution is 5.91. The molecular formula is C20H30N2O3. The third kappa shape index (κ3) is 4.95. The average Bonchev–Trinajstić information content (AvgIpc) is 3.15. The van der Waals surface area contributed by atoms with E-state index in [0.717, 1.165) is 43.7 Å². The molecule has 3 atom stereocenters. The van der Waals surface area contributed by atoms with E-state index in [0.29, 0.717) is 24.4 Å². The van der Waals surface area contributed by atoms with Gasteiger partial charge in [-0.3, -0.25) is 9.69 Å². The number of hydrogen-bond acceptors (Lipinski definition) is 4. The summed E-state index contributed by atoms with van der Waals surface area (Å²) >= 11 is 0. The number of nitrogens with zero attached hydrogens (tertiary/aromatic N) is 1. The van der Waals surface area contributed by atoms with Crippen molar-refractivity contribution in [1.82, 2.24) is 10.2 Å². The van der Waals surface area contributed by atoms with E-state index in [1.165, 1.54) is 6.42 Å². The molecule has 2 heterocycles. The number of nitrogens with one attached hydrogen (secondary N) is 1. The zero-order valence-corrected chi connectivity index (χ0v) is 15.5. The van der Waals surface area contributed by atoms with Gasteiger partial charge in [0, 0.05) is 37.7 Å². The Morgan fingerprint density at radius 1 is 1.36 bits per heavy atom. The second-order valence-corrected chi connectivity index (χ2v) is 7.60. The predicted octanol–water partition coefficient (Wildman–Crippen LogP) is 2.89. The van der Waals surface area contributed by atoms with Gasteiger partial charge in [0.05, 0.1) is 13.2 Å². The van der Waals surface area contributed by atoms with E-state index in [1.54, 1.807) is 12.2 Å². The van der Waals surface area contributed by atoms with Crippen molar-refractivity contribution < 1.29 is 13.9 Å². The second-order valence-electron chi connectivity index (χ2n) is 7.60. The van der Waals surface area contributed by atoms with Gasteiger partial charge in [0.1, 0.15) is 11.5 Å². The second kappa shape index (κ2) is 8.19. The van der Waals surface area contributed by atoms with Crippen LogP contribution in [0.25, 0.3) is 6.08 Å². The van der Waals surface area contributed by atoms with Crippen LogP contribution < -0.4 is 5.32 Å². The largest absolute Gasteiger partial charge is 0.461 e. The van der Waals surface area contributed by atoms with Crippen LogP contribution in [0.2, 0.25) is 0 Å². The molecule has 1 amide bonds. The van der Waals surface area contributed by atoms with Crippen LogP contribution in [0.1, 0.15) is 44.6 Å². The average molecular weight is 346 g/mol. The predicted molar refractivity (Wildman–Crippen MR) is 98.3 cm³/mol. The van der Waals surface area contributed by atoms with Crippen LogP contribution in [0.3, 0.4) is 0 Å². The Kier molecular flexibility index (Phi) is 5.97. The molecular weight excluding hydrogens is 316 g/mol. The lowest BCUT2D eigenvalue weighted by Gasteiger charge is -2.36. The van der Waals surface area contributed by atoms with Crippen molar-refractivity contribution in [3.05, 3.63) is 29.7 Å². The summed E-state index contributed by atoms with van der Waals surface area (Å²) in [5, 5.41) is 3.03. The van der Waals surface area contributed by atoms with Gasteiger partial charge in [-0.15, -0.1) is 0 Å². The molecule has 1 aromatic rings. The number of morpholine rings is 1. The third-order valence-electron chi connectivity index (χ3n) is 5.29. The maximum Gasteiger partial charge on any atom is 0.244 e. The van der Waals surface area contributed by atoms with Gasteiger partial charge in [0.25, 0.3) is 0 Å². The topological polar surface area (TPSA) is 54.7 Å². The number of carbonyl (C=O) groups is 1. The summed E-state index contributed by atoms with van der Waals surface area (Å²) in [6, 6.07) is 4.31. The van der Waals surface area contributed by atoms with Crippen molar-refractivity contribution in [3.63, 3.8) is 0 Å². The lowest BCUT2D eigenvalue weighted by atomic mass is 10.0. The molecule has 1 saturated carbocycles. The Morgan fingerprint density at radius 3 is 2.72 bits per heavy atom. The van der Waals surface area contributed by atoms with Crippen molar-refractivity contribution in [2.24, 2.45) is 11.8 Å². The van der Waals surface area contributed by atoms with E-state index in [-0.39, 0.29) is 5.91 Å². The van der Waals surface area contributed by atoms with Gasteiger partial charge in [-0.05, 0) is 36.5 Å². The van der Waals surface area contributed by atoms with Crippen LogP contribution in [0.4, 0.5) is 0 Å². The summed E-state index contributed by atoms with van der Waals surface area (Å²) in [4.78, 5) is 14.6. The fourth-order valence-electron chi connectivity index (χ4n) is 3.49. The zero-order valence-electron chi connectivity index (χ0n) is 15.5. The molecule has 1 aliphatic heterocycles. The number of amides is 1. The Hall–Kier alpha value is -1.59. The molecule has 138 valence electrons. The van der Waals surface area contributed by atoms with E-state index in [1.807, 2.05) is 12.1 Å². The molecule has 0 bridgehead atoms. The maximum atomic E-state index is 12.1. The number of carbonyl (C=O) groups excluding carboxylic acids is 1. The minimum absolute atomic E-state index is 0.0725. The van der Waals surface area contributed by atoms with Crippen molar-refractivity contribution in [2.45, 2.75) is 39.2 Å². The molecule has 1 aromatic heterocycles. The van der Waals surface area contributed by atoms with Crippen LogP contribution in [0.15, 0.2) is 22.6 Å². The lowest BCUT2D eigenvalue weighted by Crippen LogP contribution is -2.51. The molecule has 1 aliphatic carbocycles. The first-order valence-electron chi connectivity index (χ1n) is 9.42. The molecule has 5 nitrogen and oxygen atoms in total. The highest BCUT2D eigenvalue weighted by atomic mass is 16.5. The van der Waals surface area contributed by atoms with Crippen LogP contribution >= 0.6 is 0 Å². The molecule has 0 spiro atoms. The minimum Gasteiger partial charge on any atom is -0.461 e. The quantitative estimate of drug-likeness (QED) is 0.772. The van der Waals surface area contributed by atoms with Crippen molar-refractivity contribution in [3.8, 4) is 0 Å². The monoisotopic (exact) mass is 346 g/mol. The molecule has 0 unspecified atom stereocenters. The summed E-state index contributed by atoms with van der Waals surface area (Å²) in [5.41, 5.74) is 0. The third-order valence-corrected chi connectivity index (χ3v) is 5.29. The van der Waals surface area contributed by atoms with Crippen LogP contribution in [0.5, 0.6) is 0 Å². The van der Waals surface area contributed by atoms with Gasteiger partial charge in [0.15, 0.2) is 0 Å². The number of rotatable bonds is 7. The van der Waals surface area contributed by atoms with E-state index in [4.69, 9.17) is 9.15 Å². The van der Waals surface area contributed by atoms with E-state index in [2.05, 4.69) is 31.0 Å². The van der Waals surface area contributed by atoms with Gasteiger partial charge in [0.2, 0.25) is 5.91 Å². The first-order chi connectivity index (χ1) is 12.0. The Morgan fingerprint density at radius 2 is 2.08 bits per heavy atom. The Labute approximate surface area is 150 Å². The van der Waals surface area contributed by atoms with Gasteiger partial charge >= 0.3 is 0 Å². The fourth-order valence-corrected chi connectivity index (χ4v) is 3.49. The Balaban J connectivity index is 1.48. The number of ether oxygens (including phenoxy) is 1. The Bertz CT molecular complexity index is 602.